The molecule has 1 saturated heterocycles. The molecule has 1 atom stereocenters. The van der Waals surface area contributed by atoms with Crippen LogP contribution in [0.5, 0.6) is 0 Å². The number of rotatable bonds is 3. The number of hydrogen-bond acceptors (Lipinski definition) is 4. The summed E-state index contributed by atoms with van der Waals surface area (Å²) in [4.78, 5) is 11.2. The zero-order valence-electron chi connectivity index (χ0n) is 14.9. The van der Waals surface area contributed by atoms with Crippen LogP contribution in [0.3, 0.4) is 0 Å². The van der Waals surface area contributed by atoms with Crippen molar-refractivity contribution in [3.8, 4) is 0 Å². The molecule has 2 N–H and O–H groups in total. The smallest absolute Gasteiger partial charge is 0.232 e. The summed E-state index contributed by atoms with van der Waals surface area (Å²) in [5.41, 5.74) is 0. The van der Waals surface area contributed by atoms with Gasteiger partial charge in [-0.3, -0.25) is 0 Å². The third-order valence-electron chi connectivity index (χ3n) is 5.08. The van der Waals surface area contributed by atoms with Gasteiger partial charge in [0.1, 0.15) is 11.0 Å². The molecule has 25 heavy (non-hydrogen) atoms. The van der Waals surface area contributed by atoms with E-state index >= 15 is 0 Å². The number of nitrogens with one attached hydrogen (secondary N) is 2. The summed E-state index contributed by atoms with van der Waals surface area (Å²) < 4.78 is 0. The number of nitrogens with zero attached hydrogens (tertiary/aromatic N) is 3. The second kappa shape index (κ2) is 8.99. The fraction of sp³-hybridized carbons (Fsp3) is 0.722. The van der Waals surface area contributed by atoms with Gasteiger partial charge >= 0.3 is 0 Å². The Morgan fingerprint density at radius 3 is 2.64 bits per heavy atom. The molecular formula is C18H28ClN5S. The summed E-state index contributed by atoms with van der Waals surface area (Å²) in [6.45, 7) is 4.30. The van der Waals surface area contributed by atoms with E-state index in [1.165, 1.54) is 51.4 Å². The zero-order valence-corrected chi connectivity index (χ0v) is 16.5. The third-order valence-corrected chi connectivity index (χ3v) is 5.49. The molecule has 0 amide bonds. The van der Waals surface area contributed by atoms with E-state index in [0.717, 1.165) is 18.9 Å². The Kier molecular flexibility index (Phi) is 6.70. The monoisotopic (exact) mass is 381 g/mol. The van der Waals surface area contributed by atoms with E-state index in [1.54, 1.807) is 0 Å². The topological polar surface area (TPSA) is 53.1 Å². The molecule has 0 radical (unpaired) electrons. The first-order valence-corrected chi connectivity index (χ1v) is 10.3. The van der Waals surface area contributed by atoms with Gasteiger partial charge in [0, 0.05) is 25.2 Å². The Balaban J connectivity index is 1.62. The van der Waals surface area contributed by atoms with Crippen molar-refractivity contribution in [2.24, 2.45) is 5.92 Å². The first-order valence-electron chi connectivity index (χ1n) is 9.47. The average molecular weight is 382 g/mol. The lowest BCUT2D eigenvalue weighted by molar-refractivity contribution is 0.444. The molecule has 0 bridgehead atoms. The quantitative estimate of drug-likeness (QED) is 0.460. The standard InChI is InChI=1S/C18H28ClN5S/c1-13-7-6-10-24(12-13)16-11-15(19)21-17(22-16)23-18(25)20-14-8-4-2-3-5-9-14/h11,13-14H,2-10,12H2,1H3,(H2,20,21,22,23,25)/t13-/m1/s1. The molecule has 5 nitrogen and oxygen atoms in total. The van der Waals surface area contributed by atoms with Crippen LogP contribution >= 0.6 is 23.8 Å². The van der Waals surface area contributed by atoms with Crippen molar-refractivity contribution in [2.75, 3.05) is 23.3 Å². The summed E-state index contributed by atoms with van der Waals surface area (Å²) in [6.07, 6.45) is 10.0. The van der Waals surface area contributed by atoms with Gasteiger partial charge in [0.25, 0.3) is 0 Å². The van der Waals surface area contributed by atoms with Crippen molar-refractivity contribution in [3.63, 3.8) is 0 Å². The lowest BCUT2D eigenvalue weighted by Crippen LogP contribution is -2.38. The van der Waals surface area contributed by atoms with E-state index in [9.17, 15) is 0 Å². The van der Waals surface area contributed by atoms with Crippen molar-refractivity contribution in [3.05, 3.63) is 11.2 Å². The molecule has 1 aromatic rings. The number of piperidine rings is 1. The fourth-order valence-corrected chi connectivity index (χ4v) is 4.20. The van der Waals surface area contributed by atoms with E-state index in [0.29, 0.717) is 28.2 Å². The molecule has 0 aromatic carbocycles. The normalized spacial score (nSPS) is 22.3. The number of anilines is 2. The van der Waals surface area contributed by atoms with Crippen molar-refractivity contribution in [1.82, 2.24) is 15.3 Å². The summed E-state index contributed by atoms with van der Waals surface area (Å²) in [6, 6.07) is 2.29. The van der Waals surface area contributed by atoms with Crippen LogP contribution in [0.15, 0.2) is 6.07 Å². The highest BCUT2D eigenvalue weighted by molar-refractivity contribution is 7.80. The molecule has 0 unspecified atom stereocenters. The van der Waals surface area contributed by atoms with Crippen LogP contribution < -0.4 is 15.5 Å². The minimum absolute atomic E-state index is 0.447. The van der Waals surface area contributed by atoms with Crippen LogP contribution in [-0.4, -0.2) is 34.2 Å². The zero-order chi connectivity index (χ0) is 17.6. The SMILES string of the molecule is C[C@@H]1CCCN(c2cc(Cl)nc(NC(=S)NC3CCCCCC3)n2)C1. The number of thiocarbonyl (C=S) groups is 1. The first kappa shape index (κ1) is 18.6. The van der Waals surface area contributed by atoms with E-state index in [1.807, 2.05) is 6.07 Å². The van der Waals surface area contributed by atoms with Gasteiger partial charge in [-0.25, -0.2) is 4.98 Å². The first-order chi connectivity index (χ1) is 12.1. The van der Waals surface area contributed by atoms with Crippen LogP contribution in [0, 0.1) is 5.92 Å². The Labute approximate surface area is 160 Å². The minimum Gasteiger partial charge on any atom is -0.360 e. The largest absolute Gasteiger partial charge is 0.360 e. The van der Waals surface area contributed by atoms with E-state index in [-0.39, 0.29) is 0 Å². The van der Waals surface area contributed by atoms with Crippen LogP contribution in [0.1, 0.15) is 58.3 Å². The van der Waals surface area contributed by atoms with Gasteiger partial charge < -0.3 is 15.5 Å². The Morgan fingerprint density at radius 1 is 1.16 bits per heavy atom. The molecule has 3 rings (SSSR count). The van der Waals surface area contributed by atoms with E-state index in [4.69, 9.17) is 23.8 Å². The summed E-state index contributed by atoms with van der Waals surface area (Å²) >= 11 is 11.7. The molecule has 1 aromatic heterocycles. The van der Waals surface area contributed by atoms with E-state index < -0.39 is 0 Å². The number of halogens is 1. The van der Waals surface area contributed by atoms with Gasteiger partial charge in [-0.05, 0) is 43.8 Å². The fourth-order valence-electron chi connectivity index (χ4n) is 3.77. The van der Waals surface area contributed by atoms with Gasteiger partial charge in [-0.2, -0.15) is 4.98 Å². The lowest BCUT2D eigenvalue weighted by Gasteiger charge is -2.32. The Morgan fingerprint density at radius 2 is 1.92 bits per heavy atom. The summed E-state index contributed by atoms with van der Waals surface area (Å²) in [5.74, 6) is 2.04. The van der Waals surface area contributed by atoms with Gasteiger partial charge in [-0.1, -0.05) is 44.2 Å². The van der Waals surface area contributed by atoms with E-state index in [2.05, 4.69) is 32.4 Å². The van der Waals surface area contributed by atoms with Gasteiger partial charge in [-0.15, -0.1) is 0 Å². The maximum Gasteiger partial charge on any atom is 0.232 e. The molecule has 1 aliphatic carbocycles. The minimum atomic E-state index is 0.447. The lowest BCUT2D eigenvalue weighted by atomic mass is 10.0. The predicted octanol–water partition coefficient (Wildman–Crippen LogP) is 4.38. The third kappa shape index (κ3) is 5.68. The number of hydrogen-bond donors (Lipinski definition) is 2. The molecule has 7 heteroatoms. The Bertz CT molecular complexity index is 589. The molecule has 2 heterocycles. The molecule has 1 saturated carbocycles. The van der Waals surface area contributed by atoms with Crippen LogP contribution in [0.2, 0.25) is 5.15 Å². The number of aromatic nitrogens is 2. The second-order valence-corrected chi connectivity index (χ2v) is 8.15. The summed E-state index contributed by atoms with van der Waals surface area (Å²) in [7, 11) is 0. The van der Waals surface area contributed by atoms with Crippen LogP contribution in [0.25, 0.3) is 0 Å². The average Bonchev–Trinajstić information content (AvgIpc) is 2.83. The molecule has 138 valence electrons. The van der Waals surface area contributed by atoms with Crippen molar-refractivity contribution < 1.29 is 0 Å². The van der Waals surface area contributed by atoms with Crippen LogP contribution in [0.4, 0.5) is 11.8 Å². The van der Waals surface area contributed by atoms with Crippen molar-refractivity contribution in [2.45, 2.75) is 64.3 Å². The van der Waals surface area contributed by atoms with Gasteiger partial charge in [0.15, 0.2) is 5.11 Å². The maximum atomic E-state index is 6.22. The Hall–Kier alpha value is -1.14. The molecule has 0 spiro atoms. The second-order valence-electron chi connectivity index (χ2n) is 7.35. The molecule has 2 fully saturated rings. The molecular weight excluding hydrogens is 354 g/mol. The van der Waals surface area contributed by atoms with Crippen molar-refractivity contribution >= 4 is 40.7 Å². The highest BCUT2D eigenvalue weighted by Gasteiger charge is 2.19. The van der Waals surface area contributed by atoms with Gasteiger partial charge in [0.05, 0.1) is 0 Å². The molecule has 2 aliphatic rings. The summed E-state index contributed by atoms with van der Waals surface area (Å²) in [5, 5.41) is 7.58. The highest BCUT2D eigenvalue weighted by Crippen LogP contribution is 2.24. The maximum absolute atomic E-state index is 6.22. The van der Waals surface area contributed by atoms with Crippen molar-refractivity contribution in [1.29, 1.82) is 0 Å². The van der Waals surface area contributed by atoms with Gasteiger partial charge in [0.2, 0.25) is 5.95 Å². The molecule has 1 aliphatic heterocycles. The highest BCUT2D eigenvalue weighted by atomic mass is 35.5. The van der Waals surface area contributed by atoms with Crippen LogP contribution in [-0.2, 0) is 0 Å². The predicted molar refractivity (Wildman–Crippen MR) is 108 cm³/mol.